The first-order valence-electron chi connectivity index (χ1n) is 7.75. The number of nitrogens with one attached hydrogen (secondary N) is 1. The van der Waals surface area contributed by atoms with Crippen LogP contribution in [0.25, 0.3) is 0 Å². The van der Waals surface area contributed by atoms with E-state index in [0.29, 0.717) is 5.69 Å². The largest absolute Gasteiger partial charge is 0.356 e. The Bertz CT molecular complexity index is 682. The Balaban J connectivity index is 1.58. The van der Waals surface area contributed by atoms with E-state index in [0.717, 1.165) is 43.0 Å². The molecule has 23 heavy (non-hydrogen) atoms. The number of anilines is 1. The highest BCUT2D eigenvalue weighted by Crippen LogP contribution is 2.22. The zero-order chi connectivity index (χ0) is 16.2. The topological polar surface area (TPSA) is 83.9 Å². The zero-order valence-electron chi connectivity index (χ0n) is 13.4. The molecule has 3 rings (SSSR count). The van der Waals surface area contributed by atoms with Crippen molar-refractivity contribution in [3.05, 3.63) is 41.9 Å². The van der Waals surface area contributed by atoms with E-state index < -0.39 is 0 Å². The molecule has 1 aliphatic rings. The number of aryl methyl sites for hydroxylation is 1. The van der Waals surface area contributed by atoms with Crippen LogP contribution in [0.5, 0.6) is 0 Å². The van der Waals surface area contributed by atoms with E-state index >= 15 is 0 Å². The summed E-state index contributed by atoms with van der Waals surface area (Å²) in [7, 11) is 0. The Morgan fingerprint density at radius 2 is 1.96 bits per heavy atom. The number of hydrogen-bond acceptors (Lipinski definition) is 6. The van der Waals surface area contributed by atoms with Crippen molar-refractivity contribution in [2.75, 3.05) is 18.0 Å². The standard InChI is InChI=1S/C16H20N6O/c1-11-12(2)19-10-20-15(11)22-7-3-13(4-8-22)21-16(23)14-9-17-5-6-18-14/h5-6,9-10,13H,3-4,7-8H2,1-2H3,(H,21,23). The van der Waals surface area contributed by atoms with Gasteiger partial charge < -0.3 is 10.2 Å². The van der Waals surface area contributed by atoms with Crippen LogP contribution in [0.3, 0.4) is 0 Å². The summed E-state index contributed by atoms with van der Waals surface area (Å²) in [6, 6.07) is 0.156. The average Bonchev–Trinajstić information content (AvgIpc) is 2.59. The summed E-state index contributed by atoms with van der Waals surface area (Å²) in [4.78, 5) is 30.9. The van der Waals surface area contributed by atoms with Gasteiger partial charge in [0.15, 0.2) is 0 Å². The van der Waals surface area contributed by atoms with Crippen molar-refractivity contribution in [1.82, 2.24) is 25.3 Å². The van der Waals surface area contributed by atoms with E-state index in [1.807, 2.05) is 13.8 Å². The summed E-state index contributed by atoms with van der Waals surface area (Å²) < 4.78 is 0. The fraction of sp³-hybridized carbons (Fsp3) is 0.438. The van der Waals surface area contributed by atoms with Gasteiger partial charge in [-0.3, -0.25) is 9.78 Å². The van der Waals surface area contributed by atoms with Crippen LogP contribution in [0.2, 0.25) is 0 Å². The van der Waals surface area contributed by atoms with Crippen molar-refractivity contribution in [3.8, 4) is 0 Å². The van der Waals surface area contributed by atoms with Crippen molar-refractivity contribution in [2.45, 2.75) is 32.7 Å². The maximum Gasteiger partial charge on any atom is 0.271 e. The lowest BCUT2D eigenvalue weighted by Gasteiger charge is -2.33. The van der Waals surface area contributed by atoms with Crippen LogP contribution >= 0.6 is 0 Å². The molecule has 1 aliphatic heterocycles. The fourth-order valence-corrected chi connectivity index (χ4v) is 2.76. The third kappa shape index (κ3) is 3.44. The molecule has 0 saturated carbocycles. The number of carbonyl (C=O) groups is 1. The van der Waals surface area contributed by atoms with Crippen LogP contribution in [0.1, 0.15) is 34.6 Å². The van der Waals surface area contributed by atoms with Crippen LogP contribution < -0.4 is 10.2 Å². The molecule has 3 heterocycles. The van der Waals surface area contributed by atoms with Crippen molar-refractivity contribution < 1.29 is 4.79 Å². The van der Waals surface area contributed by atoms with Gasteiger partial charge in [0.1, 0.15) is 17.8 Å². The first kappa shape index (κ1) is 15.3. The molecule has 1 fully saturated rings. The van der Waals surface area contributed by atoms with Crippen LogP contribution in [-0.4, -0.2) is 45.0 Å². The molecule has 0 atom stereocenters. The Morgan fingerprint density at radius 1 is 1.17 bits per heavy atom. The van der Waals surface area contributed by atoms with Crippen LogP contribution in [-0.2, 0) is 0 Å². The molecule has 1 saturated heterocycles. The molecule has 0 bridgehead atoms. The zero-order valence-corrected chi connectivity index (χ0v) is 13.4. The van der Waals surface area contributed by atoms with Crippen molar-refractivity contribution >= 4 is 11.7 Å². The fourth-order valence-electron chi connectivity index (χ4n) is 2.76. The lowest BCUT2D eigenvalue weighted by Crippen LogP contribution is -2.45. The van der Waals surface area contributed by atoms with Crippen molar-refractivity contribution in [1.29, 1.82) is 0 Å². The lowest BCUT2D eigenvalue weighted by molar-refractivity contribution is 0.0925. The highest BCUT2D eigenvalue weighted by molar-refractivity contribution is 5.92. The number of rotatable bonds is 3. The van der Waals surface area contributed by atoms with E-state index in [9.17, 15) is 4.79 Å². The Hall–Kier alpha value is -2.57. The molecule has 0 spiro atoms. The third-order valence-electron chi connectivity index (χ3n) is 4.24. The first-order chi connectivity index (χ1) is 11.1. The summed E-state index contributed by atoms with van der Waals surface area (Å²) >= 11 is 0. The quantitative estimate of drug-likeness (QED) is 0.919. The molecule has 0 aromatic carbocycles. The van der Waals surface area contributed by atoms with Gasteiger partial charge in [0, 0.05) is 42.8 Å². The van der Waals surface area contributed by atoms with Gasteiger partial charge in [-0.1, -0.05) is 0 Å². The van der Waals surface area contributed by atoms with Gasteiger partial charge in [-0.15, -0.1) is 0 Å². The number of hydrogen-bond donors (Lipinski definition) is 1. The molecule has 2 aromatic rings. The van der Waals surface area contributed by atoms with Gasteiger partial charge in [-0.2, -0.15) is 0 Å². The maximum atomic E-state index is 12.1. The van der Waals surface area contributed by atoms with E-state index in [1.165, 1.54) is 12.4 Å². The third-order valence-corrected chi connectivity index (χ3v) is 4.24. The predicted molar refractivity (Wildman–Crippen MR) is 86.2 cm³/mol. The van der Waals surface area contributed by atoms with Crippen LogP contribution in [0.4, 0.5) is 5.82 Å². The van der Waals surface area contributed by atoms with E-state index in [-0.39, 0.29) is 11.9 Å². The van der Waals surface area contributed by atoms with E-state index in [1.54, 1.807) is 12.5 Å². The smallest absolute Gasteiger partial charge is 0.271 e. The summed E-state index contributed by atoms with van der Waals surface area (Å²) in [5.74, 6) is 0.835. The summed E-state index contributed by atoms with van der Waals surface area (Å²) in [6.07, 6.45) is 7.94. The van der Waals surface area contributed by atoms with Gasteiger partial charge in [0.05, 0.1) is 6.20 Å². The van der Waals surface area contributed by atoms with E-state index in [4.69, 9.17) is 0 Å². The minimum atomic E-state index is -0.161. The summed E-state index contributed by atoms with van der Waals surface area (Å²) in [6.45, 7) is 5.77. The van der Waals surface area contributed by atoms with Gasteiger partial charge in [-0.05, 0) is 26.7 Å². The Kier molecular flexibility index (Phi) is 4.45. The molecular weight excluding hydrogens is 292 g/mol. The highest BCUT2D eigenvalue weighted by Gasteiger charge is 2.23. The molecular formula is C16H20N6O. The molecule has 1 N–H and O–H groups in total. The number of amides is 1. The second-order valence-corrected chi connectivity index (χ2v) is 5.73. The second kappa shape index (κ2) is 6.68. The van der Waals surface area contributed by atoms with Gasteiger partial charge in [0.2, 0.25) is 0 Å². The Labute approximate surface area is 135 Å². The number of aromatic nitrogens is 4. The Morgan fingerprint density at radius 3 is 2.65 bits per heavy atom. The normalized spacial score (nSPS) is 15.5. The lowest BCUT2D eigenvalue weighted by atomic mass is 10.0. The molecule has 0 aliphatic carbocycles. The maximum absolute atomic E-state index is 12.1. The molecule has 120 valence electrons. The predicted octanol–water partition coefficient (Wildman–Crippen LogP) is 1.28. The highest BCUT2D eigenvalue weighted by atomic mass is 16.1. The number of nitrogens with zero attached hydrogens (tertiary/aromatic N) is 5. The van der Waals surface area contributed by atoms with Crippen molar-refractivity contribution in [2.24, 2.45) is 0 Å². The number of piperidine rings is 1. The molecule has 0 radical (unpaired) electrons. The summed E-state index contributed by atoms with van der Waals surface area (Å²) in [5.41, 5.74) is 2.49. The van der Waals surface area contributed by atoms with Gasteiger partial charge in [-0.25, -0.2) is 15.0 Å². The van der Waals surface area contributed by atoms with Crippen LogP contribution in [0, 0.1) is 13.8 Å². The molecule has 7 heteroatoms. The average molecular weight is 312 g/mol. The van der Waals surface area contributed by atoms with Crippen LogP contribution in [0.15, 0.2) is 24.9 Å². The molecule has 2 aromatic heterocycles. The minimum absolute atomic E-state index is 0.156. The molecule has 7 nitrogen and oxygen atoms in total. The SMILES string of the molecule is Cc1ncnc(N2CCC(NC(=O)c3cnccn3)CC2)c1C. The molecule has 1 amide bonds. The minimum Gasteiger partial charge on any atom is -0.356 e. The number of carbonyl (C=O) groups excluding carboxylic acids is 1. The molecule has 0 unspecified atom stereocenters. The van der Waals surface area contributed by atoms with Crippen molar-refractivity contribution in [3.63, 3.8) is 0 Å². The monoisotopic (exact) mass is 312 g/mol. The first-order valence-corrected chi connectivity index (χ1v) is 7.75. The summed E-state index contributed by atoms with van der Waals surface area (Å²) in [5, 5.41) is 3.03. The second-order valence-electron chi connectivity index (χ2n) is 5.73. The van der Waals surface area contributed by atoms with Gasteiger partial charge in [0.25, 0.3) is 5.91 Å². The van der Waals surface area contributed by atoms with Gasteiger partial charge >= 0.3 is 0 Å². The van der Waals surface area contributed by atoms with E-state index in [2.05, 4.69) is 30.2 Å².